The molecule has 0 radical (unpaired) electrons. The summed E-state index contributed by atoms with van der Waals surface area (Å²) in [4.78, 5) is 11.8. The first-order valence-corrected chi connectivity index (χ1v) is 7.82. The van der Waals surface area contributed by atoms with Gasteiger partial charge in [-0.05, 0) is 31.7 Å². The topological polar surface area (TPSA) is 65.0 Å². The molecule has 0 aromatic heterocycles. The Kier molecular flexibility index (Phi) is 4.25. The first-order valence-electron chi connectivity index (χ1n) is 7.82. The van der Waals surface area contributed by atoms with E-state index in [9.17, 15) is 9.90 Å². The molecule has 0 bridgehead atoms. The second kappa shape index (κ2) is 6.16. The van der Waals surface area contributed by atoms with Gasteiger partial charge < -0.3 is 19.3 Å². The lowest BCUT2D eigenvalue weighted by Crippen LogP contribution is -2.43. The maximum atomic E-state index is 11.8. The van der Waals surface area contributed by atoms with Gasteiger partial charge in [-0.3, -0.25) is 4.79 Å². The molecule has 1 aliphatic heterocycles. The minimum atomic E-state index is -0.834. The quantitative estimate of drug-likeness (QED) is 0.906. The molecule has 5 heteroatoms. The molecule has 2 fully saturated rings. The first-order chi connectivity index (χ1) is 10.7. The highest BCUT2D eigenvalue weighted by Gasteiger charge is 2.48. The molecule has 1 heterocycles. The molecule has 1 aromatic carbocycles. The first kappa shape index (κ1) is 15.2. The van der Waals surface area contributed by atoms with Crippen LogP contribution in [0.2, 0.25) is 0 Å². The molecule has 2 aliphatic rings. The van der Waals surface area contributed by atoms with Crippen LogP contribution >= 0.6 is 0 Å². The molecule has 1 aliphatic carbocycles. The van der Waals surface area contributed by atoms with Crippen molar-refractivity contribution in [3.8, 4) is 11.5 Å². The summed E-state index contributed by atoms with van der Waals surface area (Å²) in [6.07, 6.45) is 4.04. The third kappa shape index (κ3) is 2.54. The van der Waals surface area contributed by atoms with Crippen molar-refractivity contribution in [2.45, 2.75) is 43.6 Å². The fourth-order valence-electron chi connectivity index (χ4n) is 3.27. The van der Waals surface area contributed by atoms with Crippen LogP contribution < -0.4 is 9.47 Å². The fourth-order valence-corrected chi connectivity index (χ4v) is 3.27. The second-order valence-corrected chi connectivity index (χ2v) is 6.03. The lowest BCUT2D eigenvalue weighted by Gasteiger charge is -2.39. The summed E-state index contributed by atoms with van der Waals surface area (Å²) in [7, 11) is 1.58. The Morgan fingerprint density at radius 1 is 1.36 bits per heavy atom. The molecule has 0 amide bonds. The molecule has 0 spiro atoms. The number of para-hydroxylation sites is 1. The Morgan fingerprint density at radius 3 is 2.73 bits per heavy atom. The van der Waals surface area contributed by atoms with Gasteiger partial charge in [-0.15, -0.1) is 0 Å². The normalized spacial score (nSPS) is 23.4. The van der Waals surface area contributed by atoms with Gasteiger partial charge in [0, 0.05) is 12.2 Å². The monoisotopic (exact) mass is 306 g/mol. The Hall–Kier alpha value is -1.75. The number of benzene rings is 1. The van der Waals surface area contributed by atoms with E-state index in [0.29, 0.717) is 30.9 Å². The van der Waals surface area contributed by atoms with Crippen molar-refractivity contribution in [3.05, 3.63) is 23.8 Å². The summed E-state index contributed by atoms with van der Waals surface area (Å²) in [5.41, 5.74) is -0.101. The van der Waals surface area contributed by atoms with Gasteiger partial charge in [0.2, 0.25) is 0 Å². The SMILES string of the molecule is COc1cccc(C2(C(=O)O)CCC2)c1OC1CCCOC1. The Balaban J connectivity index is 1.97. The van der Waals surface area contributed by atoms with Crippen LogP contribution in [0.5, 0.6) is 11.5 Å². The summed E-state index contributed by atoms with van der Waals surface area (Å²) in [5.74, 6) is 0.384. The molecule has 120 valence electrons. The number of carbonyl (C=O) groups is 1. The molecular weight excluding hydrogens is 284 g/mol. The van der Waals surface area contributed by atoms with Crippen molar-refractivity contribution in [3.63, 3.8) is 0 Å². The van der Waals surface area contributed by atoms with Crippen molar-refractivity contribution in [2.24, 2.45) is 0 Å². The van der Waals surface area contributed by atoms with Crippen LogP contribution in [0, 0.1) is 0 Å². The highest BCUT2D eigenvalue weighted by Crippen LogP contribution is 2.50. The average molecular weight is 306 g/mol. The number of hydrogen-bond donors (Lipinski definition) is 1. The van der Waals surface area contributed by atoms with Crippen LogP contribution in [0.15, 0.2) is 18.2 Å². The number of ether oxygens (including phenoxy) is 3. The third-order valence-electron chi connectivity index (χ3n) is 4.73. The van der Waals surface area contributed by atoms with Gasteiger partial charge in [-0.2, -0.15) is 0 Å². The molecule has 1 saturated carbocycles. The maximum Gasteiger partial charge on any atom is 0.314 e. The van der Waals surface area contributed by atoms with Gasteiger partial charge in [-0.1, -0.05) is 18.6 Å². The average Bonchev–Trinajstić information content (AvgIpc) is 2.48. The minimum absolute atomic E-state index is 0.0466. The zero-order valence-electron chi connectivity index (χ0n) is 12.8. The summed E-state index contributed by atoms with van der Waals surface area (Å²) in [6, 6.07) is 5.51. The largest absolute Gasteiger partial charge is 0.493 e. The third-order valence-corrected chi connectivity index (χ3v) is 4.73. The number of carboxylic acid groups (broad SMARTS) is 1. The molecule has 1 atom stereocenters. The van der Waals surface area contributed by atoms with Crippen LogP contribution in [0.25, 0.3) is 0 Å². The van der Waals surface area contributed by atoms with Crippen molar-refractivity contribution in [1.82, 2.24) is 0 Å². The van der Waals surface area contributed by atoms with Gasteiger partial charge in [0.15, 0.2) is 11.5 Å². The van der Waals surface area contributed by atoms with E-state index in [1.807, 2.05) is 18.2 Å². The van der Waals surface area contributed by atoms with E-state index in [1.165, 1.54) is 0 Å². The summed E-state index contributed by atoms with van der Waals surface area (Å²) in [5, 5.41) is 9.71. The number of rotatable bonds is 5. The van der Waals surface area contributed by atoms with E-state index >= 15 is 0 Å². The zero-order valence-corrected chi connectivity index (χ0v) is 12.8. The predicted molar refractivity (Wildman–Crippen MR) is 80.6 cm³/mol. The van der Waals surface area contributed by atoms with Crippen molar-refractivity contribution < 1.29 is 24.1 Å². The summed E-state index contributed by atoms with van der Waals surface area (Å²) < 4.78 is 17.0. The van der Waals surface area contributed by atoms with Gasteiger partial charge >= 0.3 is 5.97 Å². The molecule has 3 rings (SSSR count). The van der Waals surface area contributed by atoms with E-state index in [0.717, 1.165) is 31.4 Å². The molecule has 1 unspecified atom stereocenters. The molecule has 1 aromatic rings. The Bertz CT molecular complexity index is 544. The van der Waals surface area contributed by atoms with E-state index in [2.05, 4.69) is 0 Å². The van der Waals surface area contributed by atoms with E-state index in [4.69, 9.17) is 14.2 Å². The van der Waals surface area contributed by atoms with Crippen LogP contribution in [0.3, 0.4) is 0 Å². The fraction of sp³-hybridized carbons (Fsp3) is 0.588. The zero-order chi connectivity index (χ0) is 15.6. The number of carboxylic acids is 1. The Morgan fingerprint density at radius 2 is 2.18 bits per heavy atom. The van der Waals surface area contributed by atoms with Crippen molar-refractivity contribution in [1.29, 1.82) is 0 Å². The molecule has 1 N–H and O–H groups in total. The van der Waals surface area contributed by atoms with Gasteiger partial charge in [-0.25, -0.2) is 0 Å². The maximum absolute atomic E-state index is 11.8. The van der Waals surface area contributed by atoms with Crippen molar-refractivity contribution in [2.75, 3.05) is 20.3 Å². The molecular formula is C17H22O5. The number of hydrogen-bond acceptors (Lipinski definition) is 4. The predicted octanol–water partition coefficient (Wildman–Crippen LogP) is 2.76. The Labute approximate surface area is 130 Å². The minimum Gasteiger partial charge on any atom is -0.493 e. The smallest absolute Gasteiger partial charge is 0.314 e. The van der Waals surface area contributed by atoms with Gasteiger partial charge in [0.05, 0.1) is 19.1 Å². The summed E-state index contributed by atoms with van der Waals surface area (Å²) >= 11 is 0. The number of aliphatic carboxylic acids is 1. The molecule has 22 heavy (non-hydrogen) atoms. The van der Waals surface area contributed by atoms with Crippen LogP contribution in [-0.4, -0.2) is 37.5 Å². The standard InChI is InChI=1S/C17H22O5/c1-20-14-7-2-6-13(17(16(18)19)8-4-9-17)15(14)22-12-5-3-10-21-11-12/h2,6-7,12H,3-5,8-11H2,1H3,(H,18,19). The van der Waals surface area contributed by atoms with Crippen LogP contribution in [0.4, 0.5) is 0 Å². The van der Waals surface area contributed by atoms with Crippen molar-refractivity contribution >= 4 is 5.97 Å². The van der Waals surface area contributed by atoms with E-state index < -0.39 is 11.4 Å². The lowest BCUT2D eigenvalue weighted by atomic mass is 9.64. The lowest BCUT2D eigenvalue weighted by molar-refractivity contribution is -0.147. The molecule has 1 saturated heterocycles. The van der Waals surface area contributed by atoms with E-state index in [-0.39, 0.29) is 6.10 Å². The molecule has 5 nitrogen and oxygen atoms in total. The highest BCUT2D eigenvalue weighted by atomic mass is 16.5. The van der Waals surface area contributed by atoms with Gasteiger partial charge in [0.25, 0.3) is 0 Å². The van der Waals surface area contributed by atoms with E-state index in [1.54, 1.807) is 7.11 Å². The van der Waals surface area contributed by atoms with Gasteiger partial charge in [0.1, 0.15) is 6.10 Å². The van der Waals surface area contributed by atoms with Crippen LogP contribution in [-0.2, 0) is 14.9 Å². The van der Waals surface area contributed by atoms with Crippen LogP contribution in [0.1, 0.15) is 37.7 Å². The number of methoxy groups -OCH3 is 1. The summed E-state index contributed by atoms with van der Waals surface area (Å²) in [6.45, 7) is 1.30. The highest BCUT2D eigenvalue weighted by molar-refractivity contribution is 5.84. The second-order valence-electron chi connectivity index (χ2n) is 6.03.